The van der Waals surface area contributed by atoms with E-state index >= 15 is 0 Å². The molecule has 0 amide bonds. The van der Waals surface area contributed by atoms with Gasteiger partial charge in [-0.25, -0.2) is 0 Å². The Morgan fingerprint density at radius 2 is 1.89 bits per heavy atom. The van der Waals surface area contributed by atoms with Gasteiger partial charge in [0.05, 0.1) is 19.1 Å². The van der Waals surface area contributed by atoms with Crippen LogP contribution in [0.2, 0.25) is 0 Å². The standard InChI is InChI=1S/C15H22N2O/c1-12(2)14(9-16)11-17(3)10-13-5-7-15(18-4)8-6-13/h5-8,12,14H,10-11H2,1-4H3. The summed E-state index contributed by atoms with van der Waals surface area (Å²) in [4.78, 5) is 2.19. The highest BCUT2D eigenvalue weighted by atomic mass is 16.5. The quantitative estimate of drug-likeness (QED) is 0.774. The number of nitrogens with zero attached hydrogens (tertiary/aromatic N) is 2. The Morgan fingerprint density at radius 1 is 1.28 bits per heavy atom. The van der Waals surface area contributed by atoms with Gasteiger partial charge in [-0.3, -0.25) is 0 Å². The first-order valence-electron chi connectivity index (χ1n) is 6.28. The Balaban J connectivity index is 2.53. The highest BCUT2D eigenvalue weighted by Gasteiger charge is 2.14. The molecule has 3 nitrogen and oxygen atoms in total. The lowest BCUT2D eigenvalue weighted by molar-refractivity contribution is 0.265. The van der Waals surface area contributed by atoms with Crippen LogP contribution in [0.3, 0.4) is 0 Å². The van der Waals surface area contributed by atoms with Crippen LogP contribution in [-0.4, -0.2) is 25.6 Å². The second-order valence-corrected chi connectivity index (χ2v) is 5.02. The van der Waals surface area contributed by atoms with E-state index in [1.54, 1.807) is 7.11 Å². The monoisotopic (exact) mass is 246 g/mol. The zero-order valence-electron chi connectivity index (χ0n) is 11.7. The molecule has 0 aromatic heterocycles. The molecule has 1 aromatic rings. The SMILES string of the molecule is COc1ccc(CN(C)CC(C#N)C(C)C)cc1. The van der Waals surface area contributed by atoms with Crippen molar-refractivity contribution in [1.82, 2.24) is 4.90 Å². The Labute approximate surface area is 110 Å². The van der Waals surface area contributed by atoms with E-state index in [4.69, 9.17) is 10.00 Å². The van der Waals surface area contributed by atoms with Crippen LogP contribution in [-0.2, 0) is 6.54 Å². The van der Waals surface area contributed by atoms with E-state index in [1.165, 1.54) is 5.56 Å². The molecule has 0 saturated heterocycles. The lowest BCUT2D eigenvalue weighted by Crippen LogP contribution is -2.27. The molecule has 0 aliphatic heterocycles. The van der Waals surface area contributed by atoms with Gasteiger partial charge in [0.1, 0.15) is 5.75 Å². The fourth-order valence-corrected chi connectivity index (χ4v) is 1.84. The molecule has 0 saturated carbocycles. The first kappa shape index (κ1) is 14.5. The molecule has 1 unspecified atom stereocenters. The second-order valence-electron chi connectivity index (χ2n) is 5.02. The average molecular weight is 246 g/mol. The normalized spacial score (nSPS) is 12.5. The predicted octanol–water partition coefficient (Wildman–Crippen LogP) is 2.92. The molecule has 0 heterocycles. The Hall–Kier alpha value is -1.53. The van der Waals surface area contributed by atoms with E-state index in [0.717, 1.165) is 18.8 Å². The minimum absolute atomic E-state index is 0.0910. The van der Waals surface area contributed by atoms with Crippen molar-refractivity contribution >= 4 is 0 Å². The summed E-state index contributed by atoms with van der Waals surface area (Å²) < 4.78 is 5.13. The van der Waals surface area contributed by atoms with Gasteiger partial charge in [-0.2, -0.15) is 5.26 Å². The second kappa shape index (κ2) is 7.03. The summed E-state index contributed by atoms with van der Waals surface area (Å²) in [6.45, 7) is 5.85. The van der Waals surface area contributed by atoms with Gasteiger partial charge in [-0.1, -0.05) is 26.0 Å². The third kappa shape index (κ3) is 4.38. The van der Waals surface area contributed by atoms with Crippen molar-refractivity contribution in [2.24, 2.45) is 11.8 Å². The third-order valence-electron chi connectivity index (χ3n) is 3.09. The first-order valence-corrected chi connectivity index (χ1v) is 6.28. The van der Waals surface area contributed by atoms with Gasteiger partial charge in [0, 0.05) is 13.1 Å². The van der Waals surface area contributed by atoms with Crippen molar-refractivity contribution < 1.29 is 4.74 Å². The molecule has 0 bridgehead atoms. The molecule has 0 fully saturated rings. The van der Waals surface area contributed by atoms with Gasteiger partial charge in [0.2, 0.25) is 0 Å². The number of hydrogen-bond acceptors (Lipinski definition) is 3. The van der Waals surface area contributed by atoms with Crippen molar-refractivity contribution in [2.45, 2.75) is 20.4 Å². The minimum atomic E-state index is 0.0910. The number of hydrogen-bond donors (Lipinski definition) is 0. The van der Waals surface area contributed by atoms with E-state index in [2.05, 4.69) is 44.0 Å². The average Bonchev–Trinajstić information content (AvgIpc) is 2.36. The molecular formula is C15H22N2O. The van der Waals surface area contributed by atoms with Gasteiger partial charge in [0.25, 0.3) is 0 Å². The van der Waals surface area contributed by atoms with Crippen molar-refractivity contribution in [2.75, 3.05) is 20.7 Å². The zero-order chi connectivity index (χ0) is 13.5. The van der Waals surface area contributed by atoms with Crippen LogP contribution in [0.4, 0.5) is 0 Å². The van der Waals surface area contributed by atoms with Crippen molar-refractivity contribution in [3.8, 4) is 11.8 Å². The van der Waals surface area contributed by atoms with Crippen molar-refractivity contribution in [3.05, 3.63) is 29.8 Å². The minimum Gasteiger partial charge on any atom is -0.497 e. The summed E-state index contributed by atoms with van der Waals surface area (Å²) >= 11 is 0. The smallest absolute Gasteiger partial charge is 0.118 e. The van der Waals surface area contributed by atoms with Crippen molar-refractivity contribution in [1.29, 1.82) is 5.26 Å². The van der Waals surface area contributed by atoms with Crippen LogP contribution in [0.1, 0.15) is 19.4 Å². The van der Waals surface area contributed by atoms with Gasteiger partial charge in [-0.15, -0.1) is 0 Å². The Morgan fingerprint density at radius 3 is 2.33 bits per heavy atom. The van der Waals surface area contributed by atoms with Crippen LogP contribution in [0.15, 0.2) is 24.3 Å². The van der Waals surface area contributed by atoms with Crippen LogP contribution in [0, 0.1) is 23.2 Å². The lowest BCUT2D eigenvalue weighted by atomic mass is 9.97. The molecule has 0 aliphatic rings. The maximum atomic E-state index is 9.09. The highest BCUT2D eigenvalue weighted by molar-refractivity contribution is 5.27. The number of methoxy groups -OCH3 is 1. The zero-order valence-corrected chi connectivity index (χ0v) is 11.7. The molecule has 1 atom stereocenters. The molecule has 0 aliphatic carbocycles. The van der Waals surface area contributed by atoms with Gasteiger partial charge < -0.3 is 9.64 Å². The fraction of sp³-hybridized carbons (Fsp3) is 0.533. The summed E-state index contributed by atoms with van der Waals surface area (Å²) in [6, 6.07) is 10.4. The highest BCUT2D eigenvalue weighted by Crippen LogP contribution is 2.15. The summed E-state index contributed by atoms with van der Waals surface area (Å²) in [6.07, 6.45) is 0. The molecule has 18 heavy (non-hydrogen) atoms. The van der Waals surface area contributed by atoms with E-state index in [0.29, 0.717) is 5.92 Å². The maximum Gasteiger partial charge on any atom is 0.118 e. The van der Waals surface area contributed by atoms with Crippen LogP contribution in [0.5, 0.6) is 5.75 Å². The predicted molar refractivity (Wildman–Crippen MR) is 73.3 cm³/mol. The largest absolute Gasteiger partial charge is 0.497 e. The number of rotatable bonds is 6. The maximum absolute atomic E-state index is 9.09. The Kier molecular flexibility index (Phi) is 5.67. The topological polar surface area (TPSA) is 36.3 Å². The first-order chi connectivity index (χ1) is 8.56. The van der Waals surface area contributed by atoms with E-state index in [-0.39, 0.29) is 5.92 Å². The molecule has 0 spiro atoms. The van der Waals surface area contributed by atoms with Gasteiger partial charge >= 0.3 is 0 Å². The number of ether oxygens (including phenoxy) is 1. The molecular weight excluding hydrogens is 224 g/mol. The summed E-state index contributed by atoms with van der Waals surface area (Å²) in [5, 5.41) is 9.09. The van der Waals surface area contributed by atoms with Crippen LogP contribution < -0.4 is 4.74 Å². The lowest BCUT2D eigenvalue weighted by Gasteiger charge is -2.22. The molecule has 0 radical (unpaired) electrons. The third-order valence-corrected chi connectivity index (χ3v) is 3.09. The van der Waals surface area contributed by atoms with Crippen LogP contribution in [0.25, 0.3) is 0 Å². The number of benzene rings is 1. The number of nitriles is 1. The molecule has 98 valence electrons. The summed E-state index contributed by atoms with van der Waals surface area (Å²) in [5.41, 5.74) is 1.23. The molecule has 1 aromatic carbocycles. The van der Waals surface area contributed by atoms with E-state index in [9.17, 15) is 0 Å². The molecule has 1 rings (SSSR count). The summed E-state index contributed by atoms with van der Waals surface area (Å²) in [7, 11) is 3.72. The van der Waals surface area contributed by atoms with E-state index in [1.807, 2.05) is 12.1 Å². The van der Waals surface area contributed by atoms with E-state index < -0.39 is 0 Å². The fourth-order valence-electron chi connectivity index (χ4n) is 1.84. The van der Waals surface area contributed by atoms with Crippen LogP contribution >= 0.6 is 0 Å². The van der Waals surface area contributed by atoms with Crippen molar-refractivity contribution in [3.63, 3.8) is 0 Å². The molecule has 0 N–H and O–H groups in total. The van der Waals surface area contributed by atoms with Gasteiger partial charge in [-0.05, 0) is 30.7 Å². The molecule has 3 heteroatoms. The van der Waals surface area contributed by atoms with Gasteiger partial charge in [0.15, 0.2) is 0 Å². The summed E-state index contributed by atoms with van der Waals surface area (Å²) in [5.74, 6) is 1.36. The Bertz CT molecular complexity index is 392.